The van der Waals surface area contributed by atoms with Crippen molar-refractivity contribution in [3.05, 3.63) is 64.7 Å². The third-order valence-corrected chi connectivity index (χ3v) is 5.98. The molecular formula is C20H16N4O2S2. The Morgan fingerprint density at radius 2 is 2.00 bits per heavy atom. The molecule has 0 aliphatic carbocycles. The van der Waals surface area contributed by atoms with Crippen LogP contribution in [-0.4, -0.2) is 28.0 Å². The Morgan fingerprint density at radius 1 is 1.14 bits per heavy atom. The summed E-state index contributed by atoms with van der Waals surface area (Å²) in [5, 5.41) is 6.07. The molecule has 0 aliphatic heterocycles. The van der Waals surface area contributed by atoms with Crippen molar-refractivity contribution in [3.63, 3.8) is 0 Å². The van der Waals surface area contributed by atoms with Crippen LogP contribution in [0, 0.1) is 6.92 Å². The summed E-state index contributed by atoms with van der Waals surface area (Å²) in [4.78, 5) is 26.4. The van der Waals surface area contributed by atoms with E-state index >= 15 is 0 Å². The summed E-state index contributed by atoms with van der Waals surface area (Å²) in [7, 11) is 1.63. The molecule has 1 aromatic carbocycles. The molecule has 1 N–H and O–H groups in total. The van der Waals surface area contributed by atoms with Crippen LogP contribution in [0.5, 0.6) is 5.75 Å². The fourth-order valence-corrected chi connectivity index (χ4v) is 4.34. The standard InChI is InChI=1S/C20H16N4O2S2/c1-12-17(28-19(22-12)13-6-5-9-21-10-13)18(25)24-20-23-15(11-27-20)14-7-3-4-8-16(14)26-2/h3-11H,1-2H3,(H,23,24,25). The average Bonchev–Trinajstić information content (AvgIpc) is 3.35. The number of amides is 1. The van der Waals surface area contributed by atoms with Crippen molar-refractivity contribution in [3.8, 4) is 27.6 Å². The van der Waals surface area contributed by atoms with Gasteiger partial charge in [-0.3, -0.25) is 15.1 Å². The normalized spacial score (nSPS) is 10.6. The molecule has 4 aromatic rings. The molecular weight excluding hydrogens is 392 g/mol. The molecule has 3 aromatic heterocycles. The third-order valence-electron chi connectivity index (χ3n) is 4.02. The van der Waals surface area contributed by atoms with Gasteiger partial charge in [0.2, 0.25) is 0 Å². The molecule has 8 heteroatoms. The highest BCUT2D eigenvalue weighted by Gasteiger charge is 2.18. The van der Waals surface area contributed by atoms with Crippen molar-refractivity contribution < 1.29 is 9.53 Å². The van der Waals surface area contributed by atoms with Crippen molar-refractivity contribution in [2.45, 2.75) is 6.92 Å². The highest BCUT2D eigenvalue weighted by atomic mass is 32.1. The van der Waals surface area contributed by atoms with Crippen LogP contribution in [0.25, 0.3) is 21.8 Å². The third kappa shape index (κ3) is 3.64. The predicted molar refractivity (Wildman–Crippen MR) is 112 cm³/mol. The van der Waals surface area contributed by atoms with Crippen molar-refractivity contribution >= 4 is 33.7 Å². The second-order valence-electron chi connectivity index (χ2n) is 5.87. The van der Waals surface area contributed by atoms with Gasteiger partial charge in [-0.2, -0.15) is 0 Å². The van der Waals surface area contributed by atoms with Gasteiger partial charge in [-0.25, -0.2) is 9.97 Å². The number of para-hydroxylation sites is 1. The average molecular weight is 409 g/mol. The van der Waals surface area contributed by atoms with E-state index in [1.165, 1.54) is 22.7 Å². The molecule has 0 saturated carbocycles. The van der Waals surface area contributed by atoms with E-state index in [0.717, 1.165) is 27.6 Å². The molecule has 0 fully saturated rings. The van der Waals surface area contributed by atoms with E-state index in [4.69, 9.17) is 4.74 Å². The van der Waals surface area contributed by atoms with E-state index in [2.05, 4.69) is 20.3 Å². The summed E-state index contributed by atoms with van der Waals surface area (Å²) < 4.78 is 5.39. The Labute approximate surface area is 169 Å². The van der Waals surface area contributed by atoms with Gasteiger partial charge in [0.15, 0.2) is 5.13 Å². The van der Waals surface area contributed by atoms with Gasteiger partial charge in [0.25, 0.3) is 5.91 Å². The summed E-state index contributed by atoms with van der Waals surface area (Å²) in [6, 6.07) is 11.4. The molecule has 0 bridgehead atoms. The number of nitrogens with one attached hydrogen (secondary N) is 1. The number of hydrogen-bond acceptors (Lipinski definition) is 7. The fourth-order valence-electron chi connectivity index (χ4n) is 2.68. The van der Waals surface area contributed by atoms with Gasteiger partial charge in [0.05, 0.1) is 18.5 Å². The van der Waals surface area contributed by atoms with E-state index in [-0.39, 0.29) is 5.91 Å². The number of hydrogen-bond donors (Lipinski definition) is 1. The number of anilines is 1. The van der Waals surface area contributed by atoms with Gasteiger partial charge in [-0.1, -0.05) is 12.1 Å². The van der Waals surface area contributed by atoms with Crippen LogP contribution in [0.3, 0.4) is 0 Å². The minimum atomic E-state index is -0.217. The molecule has 0 atom stereocenters. The molecule has 0 aliphatic rings. The molecule has 0 radical (unpaired) electrons. The van der Waals surface area contributed by atoms with Crippen LogP contribution in [0.4, 0.5) is 5.13 Å². The molecule has 1 amide bonds. The highest BCUT2D eigenvalue weighted by molar-refractivity contribution is 7.17. The Morgan fingerprint density at radius 3 is 2.79 bits per heavy atom. The maximum atomic E-state index is 12.7. The molecule has 3 heterocycles. The number of methoxy groups -OCH3 is 1. The Balaban J connectivity index is 1.55. The maximum absolute atomic E-state index is 12.7. The lowest BCUT2D eigenvalue weighted by Gasteiger charge is -2.05. The predicted octanol–water partition coefficient (Wildman–Crippen LogP) is 4.90. The zero-order valence-corrected chi connectivity index (χ0v) is 16.8. The topological polar surface area (TPSA) is 77.0 Å². The van der Waals surface area contributed by atoms with E-state index in [9.17, 15) is 4.79 Å². The van der Waals surface area contributed by atoms with Gasteiger partial charge in [-0.05, 0) is 31.2 Å². The van der Waals surface area contributed by atoms with Crippen LogP contribution in [0.2, 0.25) is 0 Å². The van der Waals surface area contributed by atoms with E-state index in [1.54, 1.807) is 19.5 Å². The van der Waals surface area contributed by atoms with Crippen LogP contribution in [-0.2, 0) is 0 Å². The van der Waals surface area contributed by atoms with E-state index < -0.39 is 0 Å². The minimum Gasteiger partial charge on any atom is -0.496 e. The van der Waals surface area contributed by atoms with Gasteiger partial charge < -0.3 is 4.74 Å². The quantitative estimate of drug-likeness (QED) is 0.508. The molecule has 140 valence electrons. The molecule has 0 unspecified atom stereocenters. The van der Waals surface area contributed by atoms with Gasteiger partial charge >= 0.3 is 0 Å². The molecule has 6 nitrogen and oxygen atoms in total. The second-order valence-corrected chi connectivity index (χ2v) is 7.72. The summed E-state index contributed by atoms with van der Waals surface area (Å²) in [5.41, 5.74) is 3.22. The van der Waals surface area contributed by atoms with Crippen LogP contribution < -0.4 is 10.1 Å². The molecule has 4 rings (SSSR count). The molecule has 0 spiro atoms. The lowest BCUT2D eigenvalue weighted by Crippen LogP contribution is -2.11. The Kier molecular flexibility index (Phi) is 5.14. The second kappa shape index (κ2) is 7.87. The molecule has 28 heavy (non-hydrogen) atoms. The highest BCUT2D eigenvalue weighted by Crippen LogP contribution is 2.33. The number of pyridine rings is 1. The van der Waals surface area contributed by atoms with Gasteiger partial charge in [0.1, 0.15) is 15.6 Å². The summed E-state index contributed by atoms with van der Waals surface area (Å²) in [6.07, 6.45) is 3.44. The Hall–Kier alpha value is -3.10. The van der Waals surface area contributed by atoms with Gasteiger partial charge in [-0.15, -0.1) is 22.7 Å². The van der Waals surface area contributed by atoms with E-state index in [0.29, 0.717) is 15.7 Å². The zero-order valence-electron chi connectivity index (χ0n) is 15.2. The number of carbonyl (C=O) groups excluding carboxylic acids is 1. The number of aryl methyl sites for hydroxylation is 1. The smallest absolute Gasteiger partial charge is 0.269 e. The fraction of sp³-hybridized carbons (Fsp3) is 0.100. The van der Waals surface area contributed by atoms with Crippen LogP contribution >= 0.6 is 22.7 Å². The number of ether oxygens (including phenoxy) is 1. The van der Waals surface area contributed by atoms with Crippen molar-refractivity contribution in [2.75, 3.05) is 12.4 Å². The summed E-state index contributed by atoms with van der Waals surface area (Å²) in [5.74, 6) is 0.524. The van der Waals surface area contributed by atoms with Crippen molar-refractivity contribution in [1.82, 2.24) is 15.0 Å². The van der Waals surface area contributed by atoms with Crippen LogP contribution in [0.1, 0.15) is 15.4 Å². The SMILES string of the molecule is COc1ccccc1-c1csc(NC(=O)c2sc(-c3cccnc3)nc2C)n1. The Bertz CT molecular complexity index is 1120. The number of benzene rings is 1. The van der Waals surface area contributed by atoms with Crippen molar-refractivity contribution in [2.24, 2.45) is 0 Å². The van der Waals surface area contributed by atoms with E-state index in [1.807, 2.05) is 48.7 Å². The monoisotopic (exact) mass is 408 g/mol. The first-order valence-electron chi connectivity index (χ1n) is 8.44. The lowest BCUT2D eigenvalue weighted by molar-refractivity contribution is 0.103. The lowest BCUT2D eigenvalue weighted by atomic mass is 10.1. The number of carbonyl (C=O) groups is 1. The first kappa shape index (κ1) is 18.3. The van der Waals surface area contributed by atoms with Gasteiger partial charge in [0, 0.05) is 28.9 Å². The summed E-state index contributed by atoms with van der Waals surface area (Å²) in [6.45, 7) is 1.83. The minimum absolute atomic E-state index is 0.217. The van der Waals surface area contributed by atoms with Crippen molar-refractivity contribution in [1.29, 1.82) is 0 Å². The number of thiazole rings is 2. The van der Waals surface area contributed by atoms with Crippen LogP contribution in [0.15, 0.2) is 54.2 Å². The zero-order chi connectivity index (χ0) is 19.5. The maximum Gasteiger partial charge on any atom is 0.269 e. The number of nitrogens with zero attached hydrogens (tertiary/aromatic N) is 3. The first-order chi connectivity index (χ1) is 13.7. The number of rotatable bonds is 5. The molecule has 0 saturated heterocycles. The summed E-state index contributed by atoms with van der Waals surface area (Å²) >= 11 is 2.71. The largest absolute Gasteiger partial charge is 0.496 e. The first-order valence-corrected chi connectivity index (χ1v) is 10.1. The number of aromatic nitrogens is 3.